The number of hydrogen-bond donors (Lipinski definition) is 1. The Morgan fingerprint density at radius 2 is 1.79 bits per heavy atom. The lowest BCUT2D eigenvalue weighted by Gasteiger charge is -2.25. The van der Waals surface area contributed by atoms with E-state index >= 15 is 0 Å². The molecule has 1 aromatic carbocycles. The Morgan fingerprint density at radius 3 is 2.41 bits per heavy atom. The summed E-state index contributed by atoms with van der Waals surface area (Å²) in [5, 5.41) is 7.16. The second-order valence-corrected chi connectivity index (χ2v) is 9.12. The zero-order chi connectivity index (χ0) is 21.0. The van der Waals surface area contributed by atoms with Gasteiger partial charge in [-0.15, -0.1) is 0 Å². The summed E-state index contributed by atoms with van der Waals surface area (Å²) >= 11 is 0. The third-order valence-corrected chi connectivity index (χ3v) is 7.32. The fraction of sp³-hybridized carbons (Fsp3) is 0.500. The summed E-state index contributed by atoms with van der Waals surface area (Å²) in [4.78, 5) is 12.6. The summed E-state index contributed by atoms with van der Waals surface area (Å²) in [6, 6.07) is 7.43. The van der Waals surface area contributed by atoms with Crippen molar-refractivity contribution in [2.75, 3.05) is 20.2 Å². The average Bonchev–Trinajstić information content (AvgIpc) is 3.01. The van der Waals surface area contributed by atoms with E-state index in [-0.39, 0.29) is 17.3 Å². The van der Waals surface area contributed by atoms with E-state index in [0.717, 1.165) is 30.6 Å². The lowest BCUT2D eigenvalue weighted by Crippen LogP contribution is -2.36. The van der Waals surface area contributed by atoms with Crippen molar-refractivity contribution in [3.63, 3.8) is 0 Å². The van der Waals surface area contributed by atoms with Gasteiger partial charge in [0.1, 0.15) is 17.2 Å². The van der Waals surface area contributed by atoms with Gasteiger partial charge in [0.2, 0.25) is 15.9 Å². The Morgan fingerprint density at radius 1 is 1.14 bits per heavy atom. The van der Waals surface area contributed by atoms with Crippen molar-refractivity contribution in [2.24, 2.45) is 0 Å². The number of rotatable bonds is 7. The third kappa shape index (κ3) is 4.79. The van der Waals surface area contributed by atoms with Crippen LogP contribution in [0.5, 0.6) is 5.75 Å². The monoisotopic (exact) mass is 420 g/mol. The zero-order valence-corrected chi connectivity index (χ0v) is 18.0. The topological polar surface area (TPSA) is 93.5 Å². The highest BCUT2D eigenvalue weighted by atomic mass is 32.2. The standard InChI is InChI=1S/C20H28N4O4S/c1-15-20(29(26,27)23-11-5-4-6-12-23)16(2)24(22-15)14-19(25)21-13-17-7-9-18(28-3)10-8-17/h7-10H,4-6,11-14H2,1-3H3,(H,21,25). The van der Waals surface area contributed by atoms with Crippen LogP contribution in [0.15, 0.2) is 29.2 Å². The van der Waals surface area contributed by atoms with E-state index in [2.05, 4.69) is 10.4 Å². The molecule has 0 spiro atoms. The van der Waals surface area contributed by atoms with Crippen LogP contribution in [-0.2, 0) is 27.9 Å². The molecular weight excluding hydrogens is 392 g/mol. The van der Waals surface area contributed by atoms with Gasteiger partial charge in [0.15, 0.2) is 0 Å². The first-order valence-electron chi connectivity index (χ1n) is 9.76. The number of sulfonamides is 1. The Labute approximate surface area is 171 Å². The summed E-state index contributed by atoms with van der Waals surface area (Å²) in [5.74, 6) is 0.526. The number of nitrogens with one attached hydrogen (secondary N) is 1. The van der Waals surface area contributed by atoms with E-state index in [1.54, 1.807) is 21.0 Å². The van der Waals surface area contributed by atoms with Crippen LogP contribution in [0.2, 0.25) is 0 Å². The van der Waals surface area contributed by atoms with Crippen molar-refractivity contribution >= 4 is 15.9 Å². The number of nitrogens with zero attached hydrogens (tertiary/aromatic N) is 3. The number of aromatic nitrogens is 2. The molecule has 29 heavy (non-hydrogen) atoms. The van der Waals surface area contributed by atoms with Gasteiger partial charge in [0.05, 0.1) is 18.5 Å². The van der Waals surface area contributed by atoms with Crippen molar-refractivity contribution < 1.29 is 17.9 Å². The maximum atomic E-state index is 13.1. The predicted octanol–water partition coefficient (Wildman–Crippen LogP) is 2.00. The molecule has 0 saturated carbocycles. The van der Waals surface area contributed by atoms with Gasteiger partial charge < -0.3 is 10.1 Å². The summed E-state index contributed by atoms with van der Waals surface area (Å²) < 4.78 is 34.2. The van der Waals surface area contributed by atoms with Gasteiger partial charge in [-0.25, -0.2) is 8.42 Å². The van der Waals surface area contributed by atoms with E-state index in [1.807, 2.05) is 24.3 Å². The molecule has 8 nitrogen and oxygen atoms in total. The molecule has 1 aromatic heterocycles. The normalized spacial score (nSPS) is 15.3. The van der Waals surface area contributed by atoms with Crippen molar-refractivity contribution in [3.8, 4) is 5.75 Å². The zero-order valence-electron chi connectivity index (χ0n) is 17.1. The first-order valence-corrected chi connectivity index (χ1v) is 11.2. The summed E-state index contributed by atoms with van der Waals surface area (Å²) in [7, 11) is -1.99. The number of hydrogen-bond acceptors (Lipinski definition) is 5. The van der Waals surface area contributed by atoms with Crippen LogP contribution >= 0.6 is 0 Å². The minimum atomic E-state index is -3.59. The molecule has 0 radical (unpaired) electrons. The molecule has 0 aliphatic carbocycles. The minimum absolute atomic E-state index is 0.0294. The molecule has 1 aliphatic heterocycles. The molecule has 9 heteroatoms. The molecule has 1 saturated heterocycles. The number of aryl methyl sites for hydroxylation is 1. The van der Waals surface area contributed by atoms with Gasteiger partial charge in [-0.05, 0) is 44.4 Å². The maximum Gasteiger partial charge on any atom is 0.246 e. The number of carbonyl (C=O) groups excluding carboxylic acids is 1. The molecular formula is C20H28N4O4S. The van der Waals surface area contributed by atoms with Gasteiger partial charge in [0, 0.05) is 19.6 Å². The molecule has 0 bridgehead atoms. The van der Waals surface area contributed by atoms with E-state index in [1.165, 1.54) is 8.99 Å². The highest BCUT2D eigenvalue weighted by Gasteiger charge is 2.31. The van der Waals surface area contributed by atoms with Crippen molar-refractivity contribution in [1.82, 2.24) is 19.4 Å². The molecule has 0 atom stereocenters. The number of carbonyl (C=O) groups is 1. The van der Waals surface area contributed by atoms with E-state index in [9.17, 15) is 13.2 Å². The number of methoxy groups -OCH3 is 1. The molecule has 3 rings (SSSR count). The molecule has 1 aliphatic rings. The Bertz CT molecular complexity index is 961. The Kier molecular flexibility index (Phi) is 6.59. The first-order chi connectivity index (χ1) is 13.8. The summed E-state index contributed by atoms with van der Waals surface area (Å²) in [6.07, 6.45) is 2.80. The number of piperidine rings is 1. The van der Waals surface area contributed by atoms with Gasteiger partial charge in [-0.1, -0.05) is 18.6 Å². The Hall–Kier alpha value is -2.39. The van der Waals surface area contributed by atoms with Crippen molar-refractivity contribution in [2.45, 2.75) is 51.1 Å². The smallest absolute Gasteiger partial charge is 0.246 e. The third-order valence-electron chi connectivity index (χ3n) is 5.17. The quantitative estimate of drug-likeness (QED) is 0.739. The molecule has 2 aromatic rings. The number of amides is 1. The second-order valence-electron chi connectivity index (χ2n) is 7.25. The average molecular weight is 421 g/mol. The van der Waals surface area contributed by atoms with Crippen LogP contribution in [0, 0.1) is 13.8 Å². The van der Waals surface area contributed by atoms with Crippen LogP contribution in [0.4, 0.5) is 0 Å². The summed E-state index contributed by atoms with van der Waals surface area (Å²) in [5.41, 5.74) is 1.87. The van der Waals surface area contributed by atoms with Gasteiger partial charge in [-0.3, -0.25) is 9.48 Å². The van der Waals surface area contributed by atoms with Crippen LogP contribution in [0.25, 0.3) is 0 Å². The van der Waals surface area contributed by atoms with Crippen LogP contribution in [0.3, 0.4) is 0 Å². The van der Waals surface area contributed by atoms with E-state index in [0.29, 0.717) is 31.0 Å². The molecule has 1 fully saturated rings. The fourth-order valence-corrected chi connectivity index (χ4v) is 5.47. The van der Waals surface area contributed by atoms with Gasteiger partial charge >= 0.3 is 0 Å². The van der Waals surface area contributed by atoms with Crippen molar-refractivity contribution in [3.05, 3.63) is 41.2 Å². The molecule has 158 valence electrons. The van der Waals surface area contributed by atoms with Crippen LogP contribution < -0.4 is 10.1 Å². The number of benzene rings is 1. The van der Waals surface area contributed by atoms with E-state index < -0.39 is 10.0 Å². The largest absolute Gasteiger partial charge is 0.497 e. The van der Waals surface area contributed by atoms with Gasteiger partial charge in [0.25, 0.3) is 0 Å². The highest BCUT2D eigenvalue weighted by molar-refractivity contribution is 7.89. The number of ether oxygens (including phenoxy) is 1. The lowest BCUT2D eigenvalue weighted by molar-refractivity contribution is -0.122. The van der Waals surface area contributed by atoms with Crippen molar-refractivity contribution in [1.29, 1.82) is 0 Å². The molecule has 1 amide bonds. The molecule has 2 heterocycles. The predicted molar refractivity (Wildman–Crippen MR) is 109 cm³/mol. The molecule has 1 N–H and O–H groups in total. The molecule has 0 unspecified atom stereocenters. The fourth-order valence-electron chi connectivity index (χ4n) is 3.58. The Balaban J connectivity index is 1.68. The van der Waals surface area contributed by atoms with Crippen LogP contribution in [0.1, 0.15) is 36.2 Å². The maximum absolute atomic E-state index is 13.1. The SMILES string of the molecule is COc1ccc(CNC(=O)Cn2nc(C)c(S(=O)(=O)N3CCCCC3)c2C)cc1. The second kappa shape index (κ2) is 8.96. The van der Waals surface area contributed by atoms with Crippen LogP contribution in [-0.4, -0.2) is 48.6 Å². The first kappa shape index (κ1) is 21.3. The highest BCUT2D eigenvalue weighted by Crippen LogP contribution is 2.26. The summed E-state index contributed by atoms with van der Waals surface area (Å²) in [6.45, 7) is 4.80. The van der Waals surface area contributed by atoms with E-state index in [4.69, 9.17) is 4.74 Å². The lowest BCUT2D eigenvalue weighted by atomic mass is 10.2. The minimum Gasteiger partial charge on any atom is -0.497 e. The van der Waals surface area contributed by atoms with Gasteiger partial charge in [-0.2, -0.15) is 9.40 Å².